The maximum atomic E-state index is 12.1. The van der Waals surface area contributed by atoms with E-state index in [0.29, 0.717) is 43.7 Å². The quantitative estimate of drug-likeness (QED) is 0.350. The van der Waals surface area contributed by atoms with Crippen molar-refractivity contribution in [3.05, 3.63) is 59.3 Å². The summed E-state index contributed by atoms with van der Waals surface area (Å²) >= 11 is 0. The Morgan fingerprint density at radius 2 is 2.00 bits per heavy atom. The van der Waals surface area contributed by atoms with Crippen LogP contribution < -0.4 is 15.4 Å². The molecule has 1 amide bonds. The highest BCUT2D eigenvalue weighted by molar-refractivity contribution is 5.94. The van der Waals surface area contributed by atoms with Crippen LogP contribution in [0, 0.1) is 0 Å². The van der Waals surface area contributed by atoms with Crippen molar-refractivity contribution in [2.45, 2.75) is 13.0 Å². The average Bonchev–Trinajstić information content (AvgIpc) is 2.76. The molecule has 8 heteroatoms. The third kappa shape index (κ3) is 7.36. The van der Waals surface area contributed by atoms with Gasteiger partial charge >= 0.3 is 0 Å². The van der Waals surface area contributed by atoms with Gasteiger partial charge in [0.1, 0.15) is 6.61 Å². The molecule has 0 spiro atoms. The van der Waals surface area contributed by atoms with Crippen molar-refractivity contribution >= 4 is 11.9 Å². The lowest BCUT2D eigenvalue weighted by Gasteiger charge is -2.14. The van der Waals surface area contributed by atoms with Crippen LogP contribution in [-0.2, 0) is 17.7 Å². The fourth-order valence-electron chi connectivity index (χ4n) is 2.75. The number of nitrogens with zero attached hydrogens (tertiary/aromatic N) is 3. The van der Waals surface area contributed by atoms with E-state index in [-0.39, 0.29) is 5.91 Å². The van der Waals surface area contributed by atoms with Gasteiger partial charge in [0, 0.05) is 58.7 Å². The van der Waals surface area contributed by atoms with Crippen LogP contribution in [0.1, 0.15) is 21.5 Å². The molecule has 0 unspecified atom stereocenters. The van der Waals surface area contributed by atoms with E-state index in [0.717, 1.165) is 17.5 Å². The molecule has 162 valence electrons. The fraction of sp³-hybridized carbons (Fsp3) is 0.409. The van der Waals surface area contributed by atoms with Gasteiger partial charge in [0.2, 0.25) is 5.88 Å². The zero-order valence-corrected chi connectivity index (χ0v) is 18.1. The number of hydrogen-bond acceptors (Lipinski definition) is 5. The smallest absolute Gasteiger partial charge is 0.253 e. The van der Waals surface area contributed by atoms with Crippen LogP contribution in [0.15, 0.2) is 47.6 Å². The van der Waals surface area contributed by atoms with Gasteiger partial charge in [-0.3, -0.25) is 9.79 Å². The first-order valence-corrected chi connectivity index (χ1v) is 9.86. The number of aliphatic imine (C=N–C) groups is 1. The minimum absolute atomic E-state index is 0.00211. The van der Waals surface area contributed by atoms with Crippen LogP contribution >= 0.6 is 0 Å². The van der Waals surface area contributed by atoms with Gasteiger partial charge in [0.15, 0.2) is 5.96 Å². The normalized spacial score (nSPS) is 11.1. The van der Waals surface area contributed by atoms with E-state index in [1.165, 1.54) is 0 Å². The molecule has 0 aliphatic rings. The van der Waals surface area contributed by atoms with E-state index in [2.05, 4.69) is 20.6 Å². The second-order valence-electron chi connectivity index (χ2n) is 6.81. The molecule has 2 rings (SSSR count). The molecule has 0 aliphatic carbocycles. The van der Waals surface area contributed by atoms with Gasteiger partial charge in [-0.25, -0.2) is 4.98 Å². The molecule has 0 atom stereocenters. The summed E-state index contributed by atoms with van der Waals surface area (Å²) in [5.41, 5.74) is 2.72. The number of pyridine rings is 1. The minimum atomic E-state index is 0.00211. The van der Waals surface area contributed by atoms with Crippen molar-refractivity contribution in [1.29, 1.82) is 0 Å². The number of hydrogen-bond donors (Lipinski definition) is 2. The lowest BCUT2D eigenvalue weighted by atomic mass is 10.1. The van der Waals surface area contributed by atoms with E-state index in [1.54, 1.807) is 39.3 Å². The number of ether oxygens (including phenoxy) is 2. The molecule has 0 bridgehead atoms. The predicted molar refractivity (Wildman–Crippen MR) is 118 cm³/mol. The largest absolute Gasteiger partial charge is 0.475 e. The number of rotatable bonds is 10. The van der Waals surface area contributed by atoms with Gasteiger partial charge in [-0.15, -0.1) is 0 Å². The maximum absolute atomic E-state index is 12.1. The van der Waals surface area contributed by atoms with Crippen molar-refractivity contribution in [2.24, 2.45) is 4.99 Å². The Morgan fingerprint density at radius 1 is 1.17 bits per heavy atom. The van der Waals surface area contributed by atoms with Gasteiger partial charge < -0.3 is 25.0 Å². The highest BCUT2D eigenvalue weighted by Gasteiger charge is 2.09. The summed E-state index contributed by atoms with van der Waals surface area (Å²) in [7, 11) is 6.87. The third-order valence-corrected chi connectivity index (χ3v) is 4.33. The van der Waals surface area contributed by atoms with Crippen molar-refractivity contribution in [3.8, 4) is 5.88 Å². The number of carbonyl (C=O) groups excluding carboxylic acids is 1. The molecule has 1 aromatic carbocycles. The molecule has 1 aromatic heterocycles. The van der Waals surface area contributed by atoms with Crippen LogP contribution in [0.4, 0.5) is 0 Å². The van der Waals surface area contributed by atoms with Crippen molar-refractivity contribution in [1.82, 2.24) is 20.5 Å². The van der Waals surface area contributed by atoms with Gasteiger partial charge in [-0.1, -0.05) is 18.2 Å². The number of benzene rings is 1. The molecule has 1 heterocycles. The summed E-state index contributed by atoms with van der Waals surface area (Å²) in [5, 5.41) is 6.57. The predicted octanol–water partition coefficient (Wildman–Crippen LogP) is 1.72. The Hall–Kier alpha value is -3.13. The molecule has 0 saturated carbocycles. The number of guanidine groups is 1. The number of amides is 1. The van der Waals surface area contributed by atoms with Crippen molar-refractivity contribution < 1.29 is 14.3 Å². The first-order chi connectivity index (χ1) is 14.5. The molecule has 30 heavy (non-hydrogen) atoms. The van der Waals surface area contributed by atoms with Crippen LogP contribution in [0.5, 0.6) is 5.88 Å². The summed E-state index contributed by atoms with van der Waals surface area (Å²) in [6.07, 6.45) is 2.47. The Balaban J connectivity index is 1.85. The van der Waals surface area contributed by atoms with Crippen LogP contribution in [0.2, 0.25) is 0 Å². The Morgan fingerprint density at radius 3 is 2.73 bits per heavy atom. The van der Waals surface area contributed by atoms with Gasteiger partial charge in [-0.2, -0.15) is 0 Å². The fourth-order valence-corrected chi connectivity index (χ4v) is 2.75. The second-order valence-corrected chi connectivity index (χ2v) is 6.81. The van der Waals surface area contributed by atoms with E-state index in [9.17, 15) is 4.79 Å². The van der Waals surface area contributed by atoms with Crippen LogP contribution in [0.25, 0.3) is 0 Å². The SMILES string of the molecule is CN=C(NCCc1cccc(C(=O)N(C)C)c1)NCc1cccnc1OCCOC. The lowest BCUT2D eigenvalue weighted by molar-refractivity contribution is 0.0827. The first-order valence-electron chi connectivity index (χ1n) is 9.86. The molecular weight excluding hydrogens is 382 g/mol. The number of nitrogens with one attached hydrogen (secondary N) is 2. The summed E-state index contributed by atoms with van der Waals surface area (Å²) in [5.74, 6) is 1.27. The van der Waals surface area contributed by atoms with E-state index >= 15 is 0 Å². The minimum Gasteiger partial charge on any atom is -0.475 e. The van der Waals surface area contributed by atoms with Gasteiger partial charge in [0.05, 0.1) is 6.61 Å². The molecule has 8 nitrogen and oxygen atoms in total. The summed E-state index contributed by atoms with van der Waals surface area (Å²) < 4.78 is 10.7. The molecule has 2 N–H and O–H groups in total. The highest BCUT2D eigenvalue weighted by atomic mass is 16.5. The zero-order chi connectivity index (χ0) is 21.8. The molecule has 0 radical (unpaired) electrons. The standard InChI is InChI=1S/C22H31N5O3/c1-23-22(26-16-19-9-6-11-24-20(19)30-14-13-29-4)25-12-10-17-7-5-8-18(15-17)21(28)27(2)3/h5-9,11,15H,10,12-14,16H2,1-4H3,(H2,23,25,26). The molecule has 0 aliphatic heterocycles. The third-order valence-electron chi connectivity index (χ3n) is 4.33. The van der Waals surface area contributed by atoms with Crippen molar-refractivity contribution in [2.75, 3.05) is 48.0 Å². The topological polar surface area (TPSA) is 88.1 Å². The second kappa shape index (κ2) is 12.4. The Labute approximate surface area is 178 Å². The van der Waals surface area contributed by atoms with Gasteiger partial charge in [-0.05, 0) is 30.2 Å². The molecule has 0 fully saturated rings. The van der Waals surface area contributed by atoms with Gasteiger partial charge in [0.25, 0.3) is 5.91 Å². The average molecular weight is 414 g/mol. The number of carbonyl (C=O) groups is 1. The maximum Gasteiger partial charge on any atom is 0.253 e. The molecular formula is C22H31N5O3. The summed E-state index contributed by atoms with van der Waals surface area (Å²) in [4.78, 5) is 22.2. The van der Waals surface area contributed by atoms with E-state index < -0.39 is 0 Å². The highest BCUT2D eigenvalue weighted by Crippen LogP contribution is 2.13. The van der Waals surface area contributed by atoms with Crippen LogP contribution in [0.3, 0.4) is 0 Å². The number of methoxy groups -OCH3 is 1. The zero-order valence-electron chi connectivity index (χ0n) is 18.1. The summed E-state index contributed by atoms with van der Waals surface area (Å²) in [6, 6.07) is 11.5. The van der Waals surface area contributed by atoms with Crippen LogP contribution in [-0.4, -0.2) is 69.8 Å². The molecule has 2 aromatic rings. The Bertz CT molecular complexity index is 839. The van der Waals surface area contributed by atoms with E-state index in [4.69, 9.17) is 9.47 Å². The lowest BCUT2D eigenvalue weighted by Crippen LogP contribution is -2.38. The van der Waals surface area contributed by atoms with Crippen molar-refractivity contribution in [3.63, 3.8) is 0 Å². The molecule has 0 saturated heterocycles. The first kappa shape index (κ1) is 23.2. The van der Waals surface area contributed by atoms with E-state index in [1.807, 2.05) is 36.4 Å². The summed E-state index contributed by atoms with van der Waals surface area (Å²) in [6.45, 7) is 2.17. The Kier molecular flexibility index (Phi) is 9.60. The monoisotopic (exact) mass is 413 g/mol. The number of aromatic nitrogens is 1.